The fourth-order valence-electron chi connectivity index (χ4n) is 6.85. The number of rotatable bonds is 6. The molecule has 7 nitrogen and oxygen atoms in total. The minimum absolute atomic E-state index is 0.00470. The number of nitrogens with one attached hydrogen (secondary N) is 2. The number of likely N-dealkylation sites (tertiary alicyclic amines) is 1. The molecule has 2 aromatic heterocycles. The van der Waals surface area contributed by atoms with Crippen LogP contribution in [-0.2, 0) is 4.79 Å². The van der Waals surface area contributed by atoms with Gasteiger partial charge >= 0.3 is 0 Å². The number of nitrogens with two attached hydrogens (primary N) is 1. The Kier molecular flexibility index (Phi) is 7.56. The Bertz CT molecular complexity index is 1250. The molecular weight excluding hydrogens is 472 g/mol. The number of carbonyl (C=O) groups excluding carboxylic acids is 1. The van der Waals surface area contributed by atoms with Crippen LogP contribution in [0.3, 0.4) is 0 Å². The zero-order chi connectivity index (χ0) is 25.9. The Balaban J connectivity index is 1.09. The number of hydrogen-bond donors (Lipinski definition) is 3. The van der Waals surface area contributed by atoms with E-state index in [1.165, 1.54) is 12.8 Å². The third-order valence-electron chi connectivity index (χ3n) is 8.89. The lowest BCUT2D eigenvalue weighted by Crippen LogP contribution is -2.50. The molecule has 2 aliphatic carbocycles. The number of benzene rings is 1. The highest BCUT2D eigenvalue weighted by Crippen LogP contribution is 2.31. The van der Waals surface area contributed by atoms with Crippen LogP contribution in [0.4, 0.5) is 5.82 Å². The molecule has 1 amide bonds. The highest BCUT2D eigenvalue weighted by atomic mass is 16.2. The standard InChI is InChI=1S/C31H40N6O/c32-27-12-3-1-11-25(27)31(38)35-21-8-7-9-23(18-21)37-17-15-22(20-37)34-30-19-26(28-13-5-6-16-33-28)24-10-2-4-14-29(24)36-30/h2,4-6,10,13-14,16,19,21-23,25,27H,1,3,7-9,11-12,15,17-18,20,32H2,(H,34,36)(H,35,38). The van der Waals surface area contributed by atoms with Gasteiger partial charge in [0.2, 0.25) is 5.91 Å². The molecule has 3 fully saturated rings. The summed E-state index contributed by atoms with van der Waals surface area (Å²) in [5.74, 6) is 1.10. The summed E-state index contributed by atoms with van der Waals surface area (Å²) in [7, 11) is 0. The average Bonchev–Trinajstić information content (AvgIpc) is 3.42. The molecule has 5 atom stereocenters. The van der Waals surface area contributed by atoms with Crippen molar-refractivity contribution in [3.8, 4) is 11.3 Å². The monoisotopic (exact) mass is 512 g/mol. The van der Waals surface area contributed by atoms with Crippen molar-refractivity contribution < 1.29 is 4.79 Å². The lowest BCUT2D eigenvalue weighted by molar-refractivity contribution is -0.127. The van der Waals surface area contributed by atoms with Crippen LogP contribution < -0.4 is 16.4 Å². The molecule has 6 rings (SSSR count). The first-order chi connectivity index (χ1) is 18.6. The van der Waals surface area contributed by atoms with Gasteiger partial charge in [0, 0.05) is 54.4 Å². The average molecular weight is 513 g/mol. The topological polar surface area (TPSA) is 96.2 Å². The van der Waals surface area contributed by atoms with Crippen LogP contribution >= 0.6 is 0 Å². The number of nitrogens with zero attached hydrogens (tertiary/aromatic N) is 3. The molecule has 3 aromatic rings. The molecule has 0 radical (unpaired) electrons. The number of hydrogen-bond acceptors (Lipinski definition) is 6. The van der Waals surface area contributed by atoms with Crippen molar-refractivity contribution in [2.75, 3.05) is 18.4 Å². The minimum atomic E-state index is -0.00470. The maximum absolute atomic E-state index is 13.0. The number of para-hydroxylation sites is 1. The third kappa shape index (κ3) is 5.54. The molecule has 2 saturated carbocycles. The number of carbonyl (C=O) groups is 1. The molecule has 7 heteroatoms. The number of anilines is 1. The summed E-state index contributed by atoms with van der Waals surface area (Å²) in [6.07, 6.45) is 11.6. The maximum Gasteiger partial charge on any atom is 0.224 e. The van der Waals surface area contributed by atoms with Crippen molar-refractivity contribution in [2.24, 2.45) is 11.7 Å². The van der Waals surface area contributed by atoms with Gasteiger partial charge in [-0.3, -0.25) is 14.7 Å². The first-order valence-corrected chi connectivity index (χ1v) is 14.5. The van der Waals surface area contributed by atoms with E-state index in [0.29, 0.717) is 12.1 Å². The van der Waals surface area contributed by atoms with E-state index in [2.05, 4.69) is 50.8 Å². The molecule has 5 unspecified atom stereocenters. The Morgan fingerprint density at radius 2 is 1.82 bits per heavy atom. The van der Waals surface area contributed by atoms with E-state index in [9.17, 15) is 4.79 Å². The van der Waals surface area contributed by atoms with Gasteiger partial charge in [-0.05, 0) is 69.2 Å². The van der Waals surface area contributed by atoms with Crippen LogP contribution in [-0.4, -0.2) is 58.0 Å². The summed E-state index contributed by atoms with van der Waals surface area (Å²) < 4.78 is 0. The molecule has 1 aromatic carbocycles. The van der Waals surface area contributed by atoms with Crippen molar-refractivity contribution in [3.63, 3.8) is 0 Å². The van der Waals surface area contributed by atoms with Gasteiger partial charge in [-0.2, -0.15) is 0 Å². The van der Waals surface area contributed by atoms with Gasteiger partial charge in [-0.25, -0.2) is 4.98 Å². The second-order valence-corrected chi connectivity index (χ2v) is 11.5. The van der Waals surface area contributed by atoms with Crippen molar-refractivity contribution in [1.82, 2.24) is 20.2 Å². The number of aromatic nitrogens is 2. The largest absolute Gasteiger partial charge is 0.366 e. The van der Waals surface area contributed by atoms with Crippen LogP contribution in [0.2, 0.25) is 0 Å². The second kappa shape index (κ2) is 11.4. The fourth-order valence-corrected chi connectivity index (χ4v) is 6.85. The van der Waals surface area contributed by atoms with Gasteiger partial charge in [-0.1, -0.05) is 37.1 Å². The number of amides is 1. The zero-order valence-corrected chi connectivity index (χ0v) is 22.2. The first kappa shape index (κ1) is 25.3. The molecular formula is C31H40N6O. The summed E-state index contributed by atoms with van der Waals surface area (Å²) >= 11 is 0. The van der Waals surface area contributed by atoms with E-state index < -0.39 is 0 Å². The lowest BCUT2D eigenvalue weighted by atomic mass is 9.83. The lowest BCUT2D eigenvalue weighted by Gasteiger charge is -2.37. The smallest absolute Gasteiger partial charge is 0.224 e. The highest BCUT2D eigenvalue weighted by molar-refractivity contribution is 5.95. The second-order valence-electron chi connectivity index (χ2n) is 11.5. The molecule has 0 bridgehead atoms. The van der Waals surface area contributed by atoms with Crippen LogP contribution in [0, 0.1) is 5.92 Å². The summed E-state index contributed by atoms with van der Waals surface area (Å²) in [5.41, 5.74) is 9.33. The molecule has 0 spiro atoms. The zero-order valence-electron chi connectivity index (χ0n) is 22.2. The number of fused-ring (bicyclic) bond motifs is 1. The van der Waals surface area contributed by atoms with Crippen LogP contribution in [0.25, 0.3) is 22.2 Å². The predicted octanol–water partition coefficient (Wildman–Crippen LogP) is 4.73. The van der Waals surface area contributed by atoms with Gasteiger partial charge in [0.15, 0.2) is 0 Å². The quantitative estimate of drug-likeness (QED) is 0.442. The summed E-state index contributed by atoms with van der Waals surface area (Å²) in [6, 6.07) is 17.6. The molecule has 1 aliphatic heterocycles. The van der Waals surface area contributed by atoms with E-state index in [4.69, 9.17) is 10.7 Å². The molecule has 38 heavy (non-hydrogen) atoms. The van der Waals surface area contributed by atoms with E-state index in [-0.39, 0.29) is 23.9 Å². The third-order valence-corrected chi connectivity index (χ3v) is 8.89. The van der Waals surface area contributed by atoms with Crippen molar-refractivity contribution in [3.05, 3.63) is 54.7 Å². The van der Waals surface area contributed by atoms with Crippen molar-refractivity contribution in [1.29, 1.82) is 0 Å². The Morgan fingerprint density at radius 3 is 2.68 bits per heavy atom. The van der Waals surface area contributed by atoms with E-state index in [0.717, 1.165) is 86.0 Å². The van der Waals surface area contributed by atoms with E-state index >= 15 is 0 Å². The Morgan fingerprint density at radius 1 is 0.947 bits per heavy atom. The minimum Gasteiger partial charge on any atom is -0.366 e. The molecule has 3 heterocycles. The van der Waals surface area contributed by atoms with Crippen molar-refractivity contribution in [2.45, 2.75) is 82.0 Å². The normalized spacial score (nSPS) is 28.3. The van der Waals surface area contributed by atoms with Crippen molar-refractivity contribution >= 4 is 22.6 Å². The summed E-state index contributed by atoms with van der Waals surface area (Å²) in [5, 5.41) is 8.24. The van der Waals surface area contributed by atoms with Gasteiger partial charge in [0.05, 0.1) is 17.1 Å². The van der Waals surface area contributed by atoms with Crippen LogP contribution in [0.5, 0.6) is 0 Å². The number of pyridine rings is 2. The van der Waals surface area contributed by atoms with Gasteiger partial charge in [0.1, 0.15) is 5.82 Å². The Hall–Kier alpha value is -3.03. The fraction of sp³-hybridized carbons (Fsp3) is 0.516. The highest BCUT2D eigenvalue weighted by Gasteiger charge is 2.34. The maximum atomic E-state index is 13.0. The molecule has 3 aliphatic rings. The molecule has 1 saturated heterocycles. The Labute approximate surface area is 225 Å². The van der Waals surface area contributed by atoms with E-state index in [1.807, 2.05) is 24.4 Å². The summed E-state index contributed by atoms with van der Waals surface area (Å²) in [6.45, 7) is 2.09. The van der Waals surface area contributed by atoms with E-state index in [1.54, 1.807) is 0 Å². The van der Waals surface area contributed by atoms with Crippen LogP contribution in [0.15, 0.2) is 54.7 Å². The predicted molar refractivity (Wildman–Crippen MR) is 153 cm³/mol. The van der Waals surface area contributed by atoms with Crippen LogP contribution in [0.1, 0.15) is 57.8 Å². The molecule has 4 N–H and O–H groups in total. The van der Waals surface area contributed by atoms with Gasteiger partial charge in [0.25, 0.3) is 0 Å². The first-order valence-electron chi connectivity index (χ1n) is 14.5. The summed E-state index contributed by atoms with van der Waals surface area (Å²) in [4.78, 5) is 25.1. The SMILES string of the molecule is NC1CCCCC1C(=O)NC1CCCC(N2CCC(Nc3cc(-c4ccccn4)c4ccccc4n3)C2)C1. The van der Waals surface area contributed by atoms with Gasteiger partial charge < -0.3 is 16.4 Å². The molecule has 200 valence electrons. The van der Waals surface area contributed by atoms with Gasteiger partial charge in [-0.15, -0.1) is 0 Å².